The molecule has 0 N–H and O–H groups in total. The number of pyridine rings is 1. The van der Waals surface area contributed by atoms with Gasteiger partial charge in [-0.1, -0.05) is 0 Å². The van der Waals surface area contributed by atoms with Crippen LogP contribution in [0.3, 0.4) is 0 Å². The summed E-state index contributed by atoms with van der Waals surface area (Å²) in [6.45, 7) is 9.84. The number of halogens is 1. The van der Waals surface area contributed by atoms with Crippen molar-refractivity contribution in [2.45, 2.75) is 45.8 Å². The molecule has 1 aliphatic heterocycles. The molecule has 3 nitrogen and oxygen atoms in total. The van der Waals surface area contributed by atoms with Crippen LogP contribution >= 0.6 is 12.6 Å². The van der Waals surface area contributed by atoms with E-state index in [1.807, 2.05) is 40.7 Å². The molecule has 1 aromatic heterocycles. The predicted octanol–water partition coefficient (Wildman–Crippen LogP) is 3.47. The van der Waals surface area contributed by atoms with Crippen molar-refractivity contribution in [1.29, 1.82) is 0 Å². The van der Waals surface area contributed by atoms with Crippen LogP contribution in [0.5, 0.6) is 0 Å². The Morgan fingerprint density at radius 2 is 1.90 bits per heavy atom. The van der Waals surface area contributed by atoms with Crippen molar-refractivity contribution in [3.8, 4) is 0 Å². The van der Waals surface area contributed by atoms with Crippen LogP contribution < -0.4 is 0 Å². The minimum atomic E-state index is -0.459. The number of aryl methyl sites for hydroxylation is 1. The molecule has 0 radical (unpaired) electrons. The highest BCUT2D eigenvalue weighted by Gasteiger charge is 2.52. The molecule has 0 bridgehead atoms. The average molecular weight is 309 g/mol. The summed E-state index contributed by atoms with van der Waals surface area (Å²) < 4.78 is 25.1. The van der Waals surface area contributed by atoms with Gasteiger partial charge in [-0.25, -0.2) is 4.39 Å². The highest BCUT2D eigenvalue weighted by molar-refractivity contribution is 7.80. The maximum Gasteiger partial charge on any atom is 0.491 e. The lowest BCUT2D eigenvalue weighted by molar-refractivity contribution is 0.00578. The Kier molecular flexibility index (Phi) is 4.52. The third-order valence-electron chi connectivity index (χ3n) is 4.15. The molecule has 0 amide bonds. The summed E-state index contributed by atoms with van der Waals surface area (Å²) in [5.74, 6) is 0.141. The monoisotopic (exact) mass is 309 g/mol. The van der Waals surface area contributed by atoms with Gasteiger partial charge in [-0.2, -0.15) is 12.6 Å². The van der Waals surface area contributed by atoms with E-state index in [1.165, 1.54) is 12.3 Å². The Labute approximate surface area is 131 Å². The zero-order valence-corrected chi connectivity index (χ0v) is 14.0. The molecule has 0 saturated carbocycles. The van der Waals surface area contributed by atoms with Gasteiger partial charge in [0.1, 0.15) is 5.82 Å². The van der Waals surface area contributed by atoms with E-state index in [-0.39, 0.29) is 5.82 Å². The smallest absolute Gasteiger partial charge is 0.400 e. The fourth-order valence-corrected chi connectivity index (χ4v) is 2.30. The summed E-state index contributed by atoms with van der Waals surface area (Å²) in [7, 11) is -0.459. The van der Waals surface area contributed by atoms with E-state index in [2.05, 4.69) is 17.6 Å². The molecule has 0 spiro atoms. The number of hydrogen-bond acceptors (Lipinski definition) is 4. The van der Waals surface area contributed by atoms with Crippen molar-refractivity contribution in [3.05, 3.63) is 34.8 Å². The van der Waals surface area contributed by atoms with Crippen LogP contribution in [0.15, 0.2) is 17.7 Å². The Balaban J connectivity index is 2.31. The topological polar surface area (TPSA) is 31.4 Å². The first kappa shape index (κ1) is 16.5. The predicted molar refractivity (Wildman–Crippen MR) is 86.8 cm³/mol. The number of thiol groups is 1. The van der Waals surface area contributed by atoms with E-state index >= 15 is 0 Å². The third kappa shape index (κ3) is 3.33. The van der Waals surface area contributed by atoms with Crippen molar-refractivity contribution in [2.24, 2.45) is 0 Å². The molecular weight excluding hydrogens is 288 g/mol. The molecule has 0 aliphatic carbocycles. The maximum atomic E-state index is 13.1. The summed E-state index contributed by atoms with van der Waals surface area (Å²) in [5, 5.41) is 0. The van der Waals surface area contributed by atoms with Crippen molar-refractivity contribution < 1.29 is 13.7 Å². The van der Waals surface area contributed by atoms with Crippen LogP contribution in [-0.2, 0) is 9.31 Å². The van der Waals surface area contributed by atoms with Gasteiger partial charge in [-0.05, 0) is 57.8 Å². The average Bonchev–Trinajstić information content (AvgIpc) is 2.57. The number of nitrogens with zero attached hydrogens (tertiary/aromatic N) is 1. The molecular formula is C15H21BFNO2S. The van der Waals surface area contributed by atoms with Gasteiger partial charge in [0.25, 0.3) is 0 Å². The fraction of sp³-hybridized carbons (Fsp3) is 0.533. The third-order valence-corrected chi connectivity index (χ3v) is 4.51. The van der Waals surface area contributed by atoms with Gasteiger partial charge < -0.3 is 9.31 Å². The largest absolute Gasteiger partial charge is 0.491 e. The molecule has 6 heteroatoms. The van der Waals surface area contributed by atoms with Crippen LogP contribution in [0.4, 0.5) is 4.39 Å². The molecule has 1 aliphatic rings. The zero-order chi connectivity index (χ0) is 15.8. The van der Waals surface area contributed by atoms with Gasteiger partial charge in [0, 0.05) is 5.75 Å². The summed E-state index contributed by atoms with van der Waals surface area (Å²) in [5.41, 5.74) is 1.55. The molecule has 0 aromatic carbocycles. The maximum absolute atomic E-state index is 13.1. The van der Waals surface area contributed by atoms with Crippen LogP contribution in [-0.4, -0.2) is 29.1 Å². The number of rotatable bonds is 3. The minimum Gasteiger partial charge on any atom is -0.400 e. The van der Waals surface area contributed by atoms with E-state index in [4.69, 9.17) is 9.31 Å². The standard InChI is InChI=1S/C15H21BFNO2S/c1-10-6-12(17)8-18-13(10)7-11(9-21)16-19-14(2,3)15(4,5)20-16/h6-8,21H,9H2,1-5H3. The first-order chi connectivity index (χ1) is 9.66. The first-order valence-corrected chi connectivity index (χ1v) is 7.58. The summed E-state index contributed by atoms with van der Waals surface area (Å²) in [6, 6.07) is 1.46. The minimum absolute atomic E-state index is 0.340. The second kappa shape index (κ2) is 5.74. The quantitative estimate of drug-likeness (QED) is 0.685. The highest BCUT2D eigenvalue weighted by atomic mass is 32.1. The first-order valence-electron chi connectivity index (χ1n) is 6.95. The number of aromatic nitrogens is 1. The van der Waals surface area contributed by atoms with E-state index in [1.54, 1.807) is 0 Å². The van der Waals surface area contributed by atoms with E-state index in [0.29, 0.717) is 11.4 Å². The van der Waals surface area contributed by atoms with Crippen molar-refractivity contribution >= 4 is 25.8 Å². The van der Waals surface area contributed by atoms with Gasteiger partial charge >= 0.3 is 7.12 Å². The molecule has 2 heterocycles. The van der Waals surface area contributed by atoms with Crippen molar-refractivity contribution in [2.75, 3.05) is 5.75 Å². The molecule has 1 aromatic rings. The van der Waals surface area contributed by atoms with Gasteiger partial charge in [0.05, 0.1) is 23.1 Å². The van der Waals surface area contributed by atoms with E-state index in [9.17, 15) is 4.39 Å². The second-order valence-corrected chi connectivity index (χ2v) is 6.64. The molecule has 0 unspecified atom stereocenters. The molecule has 114 valence electrons. The zero-order valence-electron chi connectivity index (χ0n) is 13.1. The van der Waals surface area contributed by atoms with Gasteiger partial charge in [0.2, 0.25) is 0 Å². The van der Waals surface area contributed by atoms with Crippen LogP contribution in [0.1, 0.15) is 39.0 Å². The van der Waals surface area contributed by atoms with Crippen LogP contribution in [0.25, 0.3) is 6.08 Å². The van der Waals surface area contributed by atoms with Gasteiger partial charge in [0.15, 0.2) is 0 Å². The summed E-state index contributed by atoms with van der Waals surface area (Å²) >= 11 is 4.36. The fourth-order valence-electron chi connectivity index (χ4n) is 2.06. The van der Waals surface area contributed by atoms with Gasteiger partial charge in [-0.15, -0.1) is 0 Å². The molecule has 1 saturated heterocycles. The normalized spacial score (nSPS) is 20.9. The lowest BCUT2D eigenvalue weighted by atomic mass is 9.78. The summed E-state index contributed by atoms with van der Waals surface area (Å²) in [4.78, 5) is 4.11. The molecule has 1 fully saturated rings. The molecule has 21 heavy (non-hydrogen) atoms. The summed E-state index contributed by atoms with van der Waals surface area (Å²) in [6.07, 6.45) is 3.07. The molecule has 2 rings (SSSR count). The molecule has 0 atom stereocenters. The van der Waals surface area contributed by atoms with Crippen molar-refractivity contribution in [3.63, 3.8) is 0 Å². The second-order valence-electron chi connectivity index (χ2n) is 6.32. The Hall–Kier alpha value is -0.845. The van der Waals surface area contributed by atoms with Crippen LogP contribution in [0.2, 0.25) is 0 Å². The number of hydrogen-bond donors (Lipinski definition) is 1. The van der Waals surface area contributed by atoms with Crippen LogP contribution in [0, 0.1) is 12.7 Å². The van der Waals surface area contributed by atoms with Crippen molar-refractivity contribution in [1.82, 2.24) is 4.98 Å². The highest BCUT2D eigenvalue weighted by Crippen LogP contribution is 2.39. The Bertz CT molecular complexity index is 559. The SMILES string of the molecule is Cc1cc(F)cnc1C=C(CS)B1OC(C)(C)C(C)(C)O1. The van der Waals surface area contributed by atoms with E-state index < -0.39 is 18.3 Å². The lowest BCUT2D eigenvalue weighted by Gasteiger charge is -2.32. The Morgan fingerprint density at radius 3 is 2.38 bits per heavy atom. The lowest BCUT2D eigenvalue weighted by Crippen LogP contribution is -2.41. The van der Waals surface area contributed by atoms with Gasteiger partial charge in [-0.3, -0.25) is 4.98 Å². The van der Waals surface area contributed by atoms with E-state index in [0.717, 1.165) is 11.0 Å². The Morgan fingerprint density at radius 1 is 1.33 bits per heavy atom.